The highest BCUT2D eigenvalue weighted by atomic mass is 32.2. The van der Waals surface area contributed by atoms with Crippen molar-refractivity contribution in [3.8, 4) is 11.1 Å². The van der Waals surface area contributed by atoms with Gasteiger partial charge in [0.05, 0.1) is 11.3 Å². The lowest BCUT2D eigenvalue weighted by Crippen LogP contribution is -2.25. The van der Waals surface area contributed by atoms with Crippen LogP contribution in [0.5, 0.6) is 0 Å². The van der Waals surface area contributed by atoms with Crippen molar-refractivity contribution >= 4 is 20.9 Å². The predicted octanol–water partition coefficient (Wildman–Crippen LogP) is 2.42. The average molecular weight is 392 g/mol. The second kappa shape index (κ2) is 8.06. The van der Waals surface area contributed by atoms with Gasteiger partial charge in [-0.05, 0) is 48.4 Å². The van der Waals surface area contributed by atoms with Crippen molar-refractivity contribution < 1.29 is 17.2 Å². The fourth-order valence-corrected chi connectivity index (χ4v) is 3.38. The maximum absolute atomic E-state index is 13.5. The third kappa shape index (κ3) is 5.05. The summed E-state index contributed by atoms with van der Waals surface area (Å²) in [7, 11) is -2.98. The van der Waals surface area contributed by atoms with Crippen LogP contribution in [0, 0.1) is 5.82 Å². The van der Waals surface area contributed by atoms with E-state index in [2.05, 4.69) is 5.32 Å². The lowest BCUT2D eigenvalue weighted by atomic mass is 10.1. The van der Waals surface area contributed by atoms with Gasteiger partial charge >= 0.3 is 5.76 Å². The van der Waals surface area contributed by atoms with E-state index in [1.54, 1.807) is 24.3 Å². The number of benzene rings is 2. The number of nitrogens with one attached hydrogen (secondary N) is 1. The van der Waals surface area contributed by atoms with Crippen LogP contribution in [0.1, 0.15) is 6.42 Å². The van der Waals surface area contributed by atoms with Crippen LogP contribution >= 0.6 is 0 Å². The highest BCUT2D eigenvalue weighted by molar-refractivity contribution is 7.90. The second-order valence-corrected chi connectivity index (χ2v) is 8.71. The Hall–Kier alpha value is -2.45. The van der Waals surface area contributed by atoms with Crippen LogP contribution < -0.4 is 11.1 Å². The fourth-order valence-electron chi connectivity index (χ4n) is 2.87. The molecule has 0 aliphatic carbocycles. The molecule has 8 heteroatoms. The molecule has 0 radical (unpaired) electrons. The van der Waals surface area contributed by atoms with Crippen molar-refractivity contribution in [3.05, 3.63) is 58.8 Å². The molecular formula is C19H21FN2O4S. The molecule has 27 heavy (non-hydrogen) atoms. The summed E-state index contributed by atoms with van der Waals surface area (Å²) in [4.78, 5) is 12.1. The molecule has 144 valence electrons. The van der Waals surface area contributed by atoms with Crippen LogP contribution in [-0.4, -0.2) is 38.1 Å². The van der Waals surface area contributed by atoms with Gasteiger partial charge in [0.15, 0.2) is 5.58 Å². The molecule has 0 aliphatic rings. The van der Waals surface area contributed by atoms with E-state index in [1.165, 1.54) is 23.0 Å². The summed E-state index contributed by atoms with van der Waals surface area (Å²) in [5, 5.41) is 3.05. The molecule has 6 nitrogen and oxygen atoms in total. The van der Waals surface area contributed by atoms with Crippen LogP contribution in [0.3, 0.4) is 0 Å². The number of halogens is 1. The molecule has 0 spiro atoms. The van der Waals surface area contributed by atoms with Gasteiger partial charge in [-0.25, -0.2) is 17.6 Å². The van der Waals surface area contributed by atoms with E-state index in [1.807, 2.05) is 6.07 Å². The zero-order valence-corrected chi connectivity index (χ0v) is 15.8. The maximum atomic E-state index is 13.5. The number of hydrogen-bond acceptors (Lipinski definition) is 5. The normalized spacial score (nSPS) is 11.9. The van der Waals surface area contributed by atoms with Gasteiger partial charge in [-0.15, -0.1) is 0 Å². The molecule has 0 bridgehead atoms. The third-order valence-electron chi connectivity index (χ3n) is 4.21. The van der Waals surface area contributed by atoms with Crippen LogP contribution in [0.15, 0.2) is 51.7 Å². The molecule has 1 heterocycles. The Labute approximate surface area is 156 Å². The topological polar surface area (TPSA) is 81.3 Å². The average Bonchev–Trinajstić information content (AvgIpc) is 2.91. The second-order valence-electron chi connectivity index (χ2n) is 6.45. The van der Waals surface area contributed by atoms with E-state index < -0.39 is 15.6 Å². The van der Waals surface area contributed by atoms with Crippen LogP contribution in [0.25, 0.3) is 22.2 Å². The molecular weight excluding hydrogens is 371 g/mol. The zero-order chi connectivity index (χ0) is 19.4. The van der Waals surface area contributed by atoms with Crippen LogP contribution in [0.4, 0.5) is 4.39 Å². The Kier molecular flexibility index (Phi) is 5.76. The number of nitrogens with zero attached hydrogens (tertiary/aromatic N) is 1. The number of fused-ring (bicyclic) bond motifs is 1. The molecule has 0 fully saturated rings. The largest absolute Gasteiger partial charge is 0.419 e. The zero-order valence-electron chi connectivity index (χ0n) is 14.9. The standard InChI is InChI=1S/C19H21FN2O4S/c1-27(24,25)11-9-21-8-3-10-22-17-13-15(6-7-18(17)26-19(22)23)14-4-2-5-16(20)12-14/h2,4-7,12-13,21H,3,8-11H2,1H3. The van der Waals surface area contributed by atoms with Crippen molar-refractivity contribution in [2.24, 2.45) is 0 Å². The molecule has 0 atom stereocenters. The molecule has 0 saturated heterocycles. The summed E-state index contributed by atoms with van der Waals surface area (Å²) in [6.07, 6.45) is 1.84. The van der Waals surface area contributed by atoms with Gasteiger partial charge < -0.3 is 9.73 Å². The lowest BCUT2D eigenvalue weighted by Gasteiger charge is -2.06. The monoisotopic (exact) mass is 392 g/mol. The van der Waals surface area contributed by atoms with Crippen molar-refractivity contribution in [2.75, 3.05) is 25.1 Å². The summed E-state index contributed by atoms with van der Waals surface area (Å²) in [5.41, 5.74) is 2.64. The highest BCUT2D eigenvalue weighted by Gasteiger charge is 2.11. The minimum Gasteiger partial charge on any atom is -0.408 e. The molecule has 0 saturated carbocycles. The van der Waals surface area contributed by atoms with Crippen LogP contribution in [-0.2, 0) is 16.4 Å². The van der Waals surface area contributed by atoms with Gasteiger partial charge in [-0.1, -0.05) is 18.2 Å². The number of aromatic nitrogens is 1. The smallest absolute Gasteiger partial charge is 0.408 e. The first kappa shape index (κ1) is 19.3. The molecule has 0 unspecified atom stereocenters. The summed E-state index contributed by atoms with van der Waals surface area (Å²) >= 11 is 0. The van der Waals surface area contributed by atoms with E-state index in [0.29, 0.717) is 37.2 Å². The highest BCUT2D eigenvalue weighted by Crippen LogP contribution is 2.24. The van der Waals surface area contributed by atoms with E-state index in [0.717, 1.165) is 11.1 Å². The molecule has 3 rings (SSSR count). The number of sulfone groups is 1. The molecule has 0 amide bonds. The first-order valence-electron chi connectivity index (χ1n) is 8.61. The molecule has 1 N–H and O–H groups in total. The minimum absolute atomic E-state index is 0.0819. The Bertz CT molecular complexity index is 1100. The van der Waals surface area contributed by atoms with Crippen molar-refractivity contribution in [1.29, 1.82) is 0 Å². The van der Waals surface area contributed by atoms with Gasteiger partial charge in [-0.3, -0.25) is 4.57 Å². The van der Waals surface area contributed by atoms with Crippen molar-refractivity contribution in [2.45, 2.75) is 13.0 Å². The van der Waals surface area contributed by atoms with Crippen molar-refractivity contribution in [1.82, 2.24) is 9.88 Å². The Morgan fingerprint density at radius 2 is 1.89 bits per heavy atom. The summed E-state index contributed by atoms with van der Waals surface area (Å²) < 4.78 is 42.5. The van der Waals surface area contributed by atoms with E-state index in [-0.39, 0.29) is 11.6 Å². The number of aryl methyl sites for hydroxylation is 1. The van der Waals surface area contributed by atoms with Crippen LogP contribution in [0.2, 0.25) is 0 Å². The summed E-state index contributed by atoms with van der Waals surface area (Å²) in [6.45, 7) is 1.39. The Morgan fingerprint density at radius 1 is 1.11 bits per heavy atom. The van der Waals surface area contributed by atoms with E-state index >= 15 is 0 Å². The predicted molar refractivity (Wildman–Crippen MR) is 103 cm³/mol. The van der Waals surface area contributed by atoms with Gasteiger partial charge in [0.2, 0.25) is 0 Å². The minimum atomic E-state index is -2.98. The Morgan fingerprint density at radius 3 is 2.63 bits per heavy atom. The first-order chi connectivity index (χ1) is 12.8. The molecule has 3 aromatic rings. The fraction of sp³-hybridized carbons (Fsp3) is 0.316. The number of hydrogen-bond donors (Lipinski definition) is 1. The van der Waals surface area contributed by atoms with Crippen molar-refractivity contribution in [3.63, 3.8) is 0 Å². The molecule has 2 aromatic carbocycles. The molecule has 0 aliphatic heterocycles. The molecule has 1 aromatic heterocycles. The first-order valence-corrected chi connectivity index (χ1v) is 10.7. The van der Waals surface area contributed by atoms with Gasteiger partial charge in [0.25, 0.3) is 0 Å². The summed E-state index contributed by atoms with van der Waals surface area (Å²) in [5.74, 6) is -0.687. The SMILES string of the molecule is CS(=O)(=O)CCNCCCn1c(=O)oc2ccc(-c3cccc(F)c3)cc21. The van der Waals surface area contributed by atoms with E-state index in [9.17, 15) is 17.6 Å². The van der Waals surface area contributed by atoms with Gasteiger partial charge in [-0.2, -0.15) is 0 Å². The number of oxazole rings is 1. The van der Waals surface area contributed by atoms with Gasteiger partial charge in [0.1, 0.15) is 15.7 Å². The lowest BCUT2D eigenvalue weighted by molar-refractivity contribution is 0.492. The maximum Gasteiger partial charge on any atom is 0.419 e. The van der Waals surface area contributed by atoms with Gasteiger partial charge in [0, 0.05) is 19.3 Å². The third-order valence-corrected chi connectivity index (χ3v) is 5.16. The Balaban J connectivity index is 1.72. The number of rotatable bonds is 8. The quantitative estimate of drug-likeness (QED) is 0.596. The summed E-state index contributed by atoms with van der Waals surface area (Å²) in [6, 6.07) is 11.6. The van der Waals surface area contributed by atoms with E-state index in [4.69, 9.17) is 4.42 Å².